The molecule has 2 N–H and O–H groups in total. The molecule has 0 atom stereocenters. The van der Waals surface area contributed by atoms with Crippen LogP contribution in [0.3, 0.4) is 0 Å². The highest BCUT2D eigenvalue weighted by Crippen LogP contribution is 2.08. The van der Waals surface area contributed by atoms with Crippen LogP contribution < -0.4 is 5.73 Å². The van der Waals surface area contributed by atoms with Crippen LogP contribution in [0.15, 0.2) is 42.6 Å². The first-order chi connectivity index (χ1) is 10.6. The molecule has 1 amide bonds. The number of hydrogen-bond donors (Lipinski definition) is 1. The maximum absolute atomic E-state index is 11.7. The monoisotopic (exact) mass is 314 g/mol. The Bertz CT molecular complexity index is 744. The second kappa shape index (κ2) is 7.25. The van der Waals surface area contributed by atoms with Gasteiger partial charge in [-0.3, -0.25) is 9.78 Å². The summed E-state index contributed by atoms with van der Waals surface area (Å²) in [4.78, 5) is 26.3. The fraction of sp³-hybridized carbons (Fsp3) is 0.0625. The van der Waals surface area contributed by atoms with E-state index in [1.807, 2.05) is 0 Å². The van der Waals surface area contributed by atoms with E-state index in [1.54, 1.807) is 24.3 Å². The minimum Gasteiger partial charge on any atom is -0.449 e. The molecule has 2 rings (SSSR count). The summed E-state index contributed by atoms with van der Waals surface area (Å²) in [6, 6.07) is 9.76. The van der Waals surface area contributed by atoms with Crippen molar-refractivity contribution in [3.63, 3.8) is 0 Å². The highest BCUT2D eigenvalue weighted by molar-refractivity contribution is 6.30. The first-order valence-electron chi connectivity index (χ1n) is 6.23. The zero-order valence-corrected chi connectivity index (χ0v) is 12.1. The van der Waals surface area contributed by atoms with E-state index in [1.165, 1.54) is 18.3 Å². The number of hydrogen-bond acceptors (Lipinski definition) is 4. The molecule has 0 fully saturated rings. The molecule has 0 bridgehead atoms. The molecule has 110 valence electrons. The van der Waals surface area contributed by atoms with E-state index in [0.29, 0.717) is 5.02 Å². The summed E-state index contributed by atoms with van der Waals surface area (Å²) in [5.41, 5.74) is 6.13. The van der Waals surface area contributed by atoms with Crippen molar-refractivity contribution in [2.24, 2.45) is 5.73 Å². The molecule has 0 aliphatic rings. The molecule has 0 spiro atoms. The van der Waals surface area contributed by atoms with Crippen LogP contribution in [0.1, 0.15) is 26.4 Å². The van der Waals surface area contributed by atoms with Crippen LogP contribution in [0.5, 0.6) is 0 Å². The van der Waals surface area contributed by atoms with Gasteiger partial charge < -0.3 is 10.5 Å². The van der Waals surface area contributed by atoms with Crippen LogP contribution in [0.25, 0.3) is 0 Å². The lowest BCUT2D eigenvalue weighted by molar-refractivity contribution is 0.0555. The molecule has 0 aliphatic carbocycles. The summed E-state index contributed by atoms with van der Waals surface area (Å²) in [6.45, 7) is -0.0565. The number of carbonyl (C=O) groups excluding carboxylic acids is 2. The van der Waals surface area contributed by atoms with Gasteiger partial charge in [0.05, 0.1) is 5.56 Å². The van der Waals surface area contributed by atoms with Crippen molar-refractivity contribution >= 4 is 23.5 Å². The van der Waals surface area contributed by atoms with Crippen molar-refractivity contribution in [3.8, 4) is 11.8 Å². The Morgan fingerprint density at radius 3 is 2.50 bits per heavy atom. The number of amides is 1. The summed E-state index contributed by atoms with van der Waals surface area (Å²) in [6.07, 6.45) is 1.23. The van der Waals surface area contributed by atoms with Crippen molar-refractivity contribution in [1.82, 2.24) is 4.98 Å². The summed E-state index contributed by atoms with van der Waals surface area (Å²) in [7, 11) is 0. The molecule has 1 aromatic carbocycles. The van der Waals surface area contributed by atoms with Crippen molar-refractivity contribution in [1.29, 1.82) is 0 Å². The number of nitrogens with zero attached hydrogens (tertiary/aromatic N) is 1. The Morgan fingerprint density at radius 2 is 1.91 bits per heavy atom. The molecular weight excluding hydrogens is 304 g/mol. The molecule has 2 aromatic rings. The van der Waals surface area contributed by atoms with Crippen LogP contribution in [0.2, 0.25) is 5.02 Å². The van der Waals surface area contributed by atoms with Gasteiger partial charge in [-0.25, -0.2) is 4.79 Å². The Balaban J connectivity index is 1.90. The van der Waals surface area contributed by atoms with Crippen molar-refractivity contribution in [3.05, 3.63) is 64.4 Å². The number of primary amides is 1. The summed E-state index contributed by atoms with van der Waals surface area (Å²) in [5, 5.41) is 0.629. The van der Waals surface area contributed by atoms with Gasteiger partial charge in [0.25, 0.3) is 5.91 Å². The van der Waals surface area contributed by atoms with Crippen LogP contribution in [-0.2, 0) is 4.74 Å². The van der Waals surface area contributed by atoms with Crippen molar-refractivity contribution < 1.29 is 14.3 Å². The van der Waals surface area contributed by atoms with E-state index >= 15 is 0 Å². The summed E-state index contributed by atoms with van der Waals surface area (Å²) in [5.74, 6) is 4.33. The zero-order valence-electron chi connectivity index (χ0n) is 11.4. The van der Waals surface area contributed by atoms with Gasteiger partial charge in [0.2, 0.25) is 0 Å². The van der Waals surface area contributed by atoms with E-state index < -0.39 is 11.9 Å². The first kappa shape index (κ1) is 15.5. The molecule has 1 aromatic heterocycles. The fourth-order valence-electron chi connectivity index (χ4n) is 1.52. The summed E-state index contributed by atoms with van der Waals surface area (Å²) < 4.78 is 4.98. The quantitative estimate of drug-likeness (QED) is 0.694. The van der Waals surface area contributed by atoms with Gasteiger partial charge in [0.1, 0.15) is 5.69 Å². The van der Waals surface area contributed by atoms with Gasteiger partial charge in [0, 0.05) is 16.8 Å². The normalized spacial score (nSPS) is 9.50. The Kier molecular flexibility index (Phi) is 5.12. The second-order valence-corrected chi connectivity index (χ2v) is 4.62. The molecule has 0 saturated heterocycles. The molecule has 0 aliphatic heterocycles. The maximum atomic E-state index is 11.7. The van der Waals surface area contributed by atoms with Crippen LogP contribution in [0.4, 0.5) is 0 Å². The topological polar surface area (TPSA) is 82.3 Å². The van der Waals surface area contributed by atoms with Crippen molar-refractivity contribution in [2.45, 2.75) is 0 Å². The lowest BCUT2D eigenvalue weighted by Crippen LogP contribution is -2.14. The molecule has 1 heterocycles. The highest BCUT2D eigenvalue weighted by atomic mass is 35.5. The number of benzene rings is 1. The number of rotatable bonds is 3. The van der Waals surface area contributed by atoms with E-state index in [-0.39, 0.29) is 17.9 Å². The van der Waals surface area contributed by atoms with E-state index in [9.17, 15) is 9.59 Å². The number of pyridine rings is 1. The number of aromatic nitrogens is 1. The van der Waals surface area contributed by atoms with Gasteiger partial charge in [-0.15, -0.1) is 0 Å². The SMILES string of the molecule is NC(=O)c1ccc(C(=O)OCC#Cc2ccc(Cl)cc2)cn1. The van der Waals surface area contributed by atoms with Gasteiger partial charge in [-0.05, 0) is 36.4 Å². The van der Waals surface area contributed by atoms with Crippen LogP contribution in [-0.4, -0.2) is 23.5 Å². The number of carbonyl (C=O) groups is 2. The fourth-order valence-corrected chi connectivity index (χ4v) is 1.64. The third kappa shape index (κ3) is 4.33. The Labute approximate surface area is 132 Å². The van der Waals surface area contributed by atoms with Crippen LogP contribution >= 0.6 is 11.6 Å². The minimum atomic E-state index is -0.659. The molecule has 22 heavy (non-hydrogen) atoms. The van der Waals surface area contributed by atoms with E-state index in [4.69, 9.17) is 22.1 Å². The average molecular weight is 315 g/mol. The summed E-state index contributed by atoms with van der Waals surface area (Å²) >= 11 is 5.76. The second-order valence-electron chi connectivity index (χ2n) is 4.18. The standard InChI is InChI=1S/C16H11ClN2O3/c17-13-6-3-11(4-7-13)2-1-9-22-16(21)12-5-8-14(15(18)20)19-10-12/h3-8,10H,9H2,(H2,18,20). The van der Waals surface area contributed by atoms with Gasteiger partial charge in [0.15, 0.2) is 6.61 Å². The third-order valence-electron chi connectivity index (χ3n) is 2.60. The van der Waals surface area contributed by atoms with Crippen LogP contribution in [0, 0.1) is 11.8 Å². The molecule has 0 radical (unpaired) electrons. The molecule has 0 unspecified atom stereocenters. The van der Waals surface area contributed by atoms with Gasteiger partial charge >= 0.3 is 5.97 Å². The Morgan fingerprint density at radius 1 is 1.18 bits per heavy atom. The number of esters is 1. The maximum Gasteiger partial charge on any atom is 0.340 e. The number of nitrogens with two attached hydrogens (primary N) is 1. The predicted molar refractivity (Wildman–Crippen MR) is 81.4 cm³/mol. The zero-order chi connectivity index (χ0) is 15.9. The highest BCUT2D eigenvalue weighted by Gasteiger charge is 2.08. The van der Waals surface area contributed by atoms with Crippen molar-refractivity contribution in [2.75, 3.05) is 6.61 Å². The van der Waals surface area contributed by atoms with E-state index in [2.05, 4.69) is 16.8 Å². The Hall–Kier alpha value is -2.84. The molecule has 6 heteroatoms. The predicted octanol–water partition coefficient (Wildman–Crippen LogP) is 2.04. The largest absolute Gasteiger partial charge is 0.449 e. The third-order valence-corrected chi connectivity index (χ3v) is 2.86. The lowest BCUT2D eigenvalue weighted by atomic mass is 10.2. The molecule has 5 nitrogen and oxygen atoms in total. The number of halogens is 1. The number of ether oxygens (including phenoxy) is 1. The lowest BCUT2D eigenvalue weighted by Gasteiger charge is -2.01. The molecule has 0 saturated carbocycles. The minimum absolute atomic E-state index is 0.0565. The van der Waals surface area contributed by atoms with Gasteiger partial charge in [-0.1, -0.05) is 23.4 Å². The van der Waals surface area contributed by atoms with Gasteiger partial charge in [-0.2, -0.15) is 0 Å². The smallest absolute Gasteiger partial charge is 0.340 e. The van der Waals surface area contributed by atoms with E-state index in [0.717, 1.165) is 5.56 Å². The first-order valence-corrected chi connectivity index (χ1v) is 6.61. The average Bonchev–Trinajstić information content (AvgIpc) is 2.53. The molecular formula is C16H11ClN2O3.